The molecule has 1 fully saturated rings. The molecule has 0 aromatic heterocycles. The lowest BCUT2D eigenvalue weighted by Crippen LogP contribution is -2.22. The molecule has 0 unspecified atom stereocenters. The highest BCUT2D eigenvalue weighted by molar-refractivity contribution is 6.21. The standard InChI is InChI=1S/C13H16O4/c1-2-9(14)12-10(15)4-3-5-11(12)17-13(16)8-6-7-8/h8H,2-7H2,1H3. The molecule has 4 heteroatoms. The molecule has 0 amide bonds. The predicted molar refractivity (Wildman–Crippen MR) is 60.0 cm³/mol. The molecule has 92 valence electrons. The highest BCUT2D eigenvalue weighted by atomic mass is 16.5. The summed E-state index contributed by atoms with van der Waals surface area (Å²) in [5.74, 6) is -0.381. The molecule has 0 radical (unpaired) electrons. The van der Waals surface area contributed by atoms with Crippen LogP contribution in [-0.2, 0) is 19.1 Å². The van der Waals surface area contributed by atoms with Crippen LogP contribution in [0.1, 0.15) is 45.4 Å². The van der Waals surface area contributed by atoms with Gasteiger partial charge >= 0.3 is 5.97 Å². The van der Waals surface area contributed by atoms with E-state index in [-0.39, 0.29) is 35.4 Å². The Hall–Kier alpha value is -1.45. The number of Topliss-reactive ketones (excluding diaryl/α,β-unsaturated/α-hetero) is 2. The van der Waals surface area contributed by atoms with Crippen molar-refractivity contribution >= 4 is 17.5 Å². The van der Waals surface area contributed by atoms with Gasteiger partial charge in [0.2, 0.25) is 0 Å². The second kappa shape index (κ2) is 4.82. The Morgan fingerprint density at radius 2 is 2.00 bits per heavy atom. The van der Waals surface area contributed by atoms with Gasteiger partial charge in [-0.2, -0.15) is 0 Å². The fourth-order valence-corrected chi connectivity index (χ4v) is 1.93. The van der Waals surface area contributed by atoms with E-state index in [0.29, 0.717) is 25.0 Å². The minimum atomic E-state index is -0.281. The number of carbonyl (C=O) groups is 3. The van der Waals surface area contributed by atoms with E-state index in [1.807, 2.05) is 0 Å². The van der Waals surface area contributed by atoms with E-state index < -0.39 is 0 Å². The third-order valence-corrected chi connectivity index (χ3v) is 3.10. The van der Waals surface area contributed by atoms with Crippen LogP contribution in [0.15, 0.2) is 11.3 Å². The number of hydrogen-bond donors (Lipinski definition) is 0. The van der Waals surface area contributed by atoms with Gasteiger partial charge in [0.25, 0.3) is 0 Å². The van der Waals surface area contributed by atoms with E-state index in [1.54, 1.807) is 6.92 Å². The maximum atomic E-state index is 11.7. The number of esters is 1. The molecule has 1 saturated carbocycles. The summed E-state index contributed by atoms with van der Waals surface area (Å²) in [5, 5.41) is 0. The summed E-state index contributed by atoms with van der Waals surface area (Å²) in [6.07, 6.45) is 3.54. The quantitative estimate of drug-likeness (QED) is 0.552. The van der Waals surface area contributed by atoms with Crippen LogP contribution in [0.25, 0.3) is 0 Å². The van der Waals surface area contributed by atoms with Crippen LogP contribution in [0.4, 0.5) is 0 Å². The third kappa shape index (κ3) is 2.62. The summed E-state index contributed by atoms with van der Waals surface area (Å²) in [5.41, 5.74) is 0.132. The van der Waals surface area contributed by atoms with Crippen LogP contribution in [0, 0.1) is 5.92 Å². The number of allylic oxidation sites excluding steroid dienone is 2. The van der Waals surface area contributed by atoms with Crippen molar-refractivity contribution in [3.05, 3.63) is 11.3 Å². The van der Waals surface area contributed by atoms with Gasteiger partial charge in [0.15, 0.2) is 11.6 Å². The molecule has 0 aliphatic heterocycles. The van der Waals surface area contributed by atoms with Crippen LogP contribution in [-0.4, -0.2) is 17.5 Å². The number of carbonyl (C=O) groups excluding carboxylic acids is 3. The largest absolute Gasteiger partial charge is 0.430 e. The smallest absolute Gasteiger partial charge is 0.314 e. The van der Waals surface area contributed by atoms with E-state index in [0.717, 1.165) is 12.8 Å². The highest BCUT2D eigenvalue weighted by Crippen LogP contribution is 2.33. The first-order valence-corrected chi connectivity index (χ1v) is 6.14. The zero-order valence-corrected chi connectivity index (χ0v) is 9.95. The zero-order chi connectivity index (χ0) is 12.4. The zero-order valence-electron chi connectivity index (χ0n) is 9.95. The number of ether oxygens (including phenoxy) is 1. The Bertz CT molecular complexity index is 402. The van der Waals surface area contributed by atoms with Crippen molar-refractivity contribution in [2.75, 3.05) is 0 Å². The van der Waals surface area contributed by atoms with Crippen molar-refractivity contribution in [1.82, 2.24) is 0 Å². The Labute approximate surface area is 100 Å². The monoisotopic (exact) mass is 236 g/mol. The summed E-state index contributed by atoms with van der Waals surface area (Å²) < 4.78 is 5.22. The fraction of sp³-hybridized carbons (Fsp3) is 0.615. The molecule has 0 aromatic carbocycles. The van der Waals surface area contributed by atoms with Crippen molar-refractivity contribution in [3.8, 4) is 0 Å². The molecular weight excluding hydrogens is 220 g/mol. The summed E-state index contributed by atoms with van der Waals surface area (Å²) in [7, 11) is 0. The van der Waals surface area contributed by atoms with Gasteiger partial charge in [-0.15, -0.1) is 0 Å². The van der Waals surface area contributed by atoms with Crippen LogP contribution >= 0.6 is 0 Å². The number of rotatable bonds is 4. The van der Waals surface area contributed by atoms with E-state index >= 15 is 0 Å². The van der Waals surface area contributed by atoms with Crippen LogP contribution < -0.4 is 0 Å². The van der Waals surface area contributed by atoms with Gasteiger partial charge in [-0.05, 0) is 19.3 Å². The molecule has 0 heterocycles. The van der Waals surface area contributed by atoms with Crippen LogP contribution in [0.2, 0.25) is 0 Å². The first-order chi connectivity index (χ1) is 8.13. The lowest BCUT2D eigenvalue weighted by molar-refractivity contribution is -0.141. The lowest BCUT2D eigenvalue weighted by Gasteiger charge is -2.17. The molecule has 0 spiro atoms. The van der Waals surface area contributed by atoms with E-state index in [2.05, 4.69) is 0 Å². The fourth-order valence-electron chi connectivity index (χ4n) is 1.93. The van der Waals surface area contributed by atoms with Gasteiger partial charge in [-0.1, -0.05) is 6.92 Å². The molecule has 0 atom stereocenters. The summed E-state index contributed by atoms with van der Waals surface area (Å²) >= 11 is 0. The molecule has 2 aliphatic rings. The molecule has 17 heavy (non-hydrogen) atoms. The van der Waals surface area contributed by atoms with Crippen LogP contribution in [0.5, 0.6) is 0 Å². The Morgan fingerprint density at radius 1 is 1.29 bits per heavy atom. The first kappa shape index (κ1) is 12.0. The van der Waals surface area contributed by atoms with Crippen molar-refractivity contribution in [3.63, 3.8) is 0 Å². The van der Waals surface area contributed by atoms with Gasteiger partial charge in [-0.3, -0.25) is 14.4 Å². The van der Waals surface area contributed by atoms with Crippen molar-refractivity contribution in [2.24, 2.45) is 5.92 Å². The van der Waals surface area contributed by atoms with Gasteiger partial charge in [-0.25, -0.2) is 0 Å². The van der Waals surface area contributed by atoms with E-state index in [4.69, 9.17) is 4.74 Å². The van der Waals surface area contributed by atoms with E-state index in [1.165, 1.54) is 0 Å². The van der Waals surface area contributed by atoms with E-state index in [9.17, 15) is 14.4 Å². The molecule has 0 bridgehead atoms. The first-order valence-electron chi connectivity index (χ1n) is 6.14. The summed E-state index contributed by atoms with van der Waals surface area (Å²) in [4.78, 5) is 34.9. The molecule has 2 aliphatic carbocycles. The summed E-state index contributed by atoms with van der Waals surface area (Å²) in [6.45, 7) is 1.71. The van der Waals surface area contributed by atoms with Gasteiger partial charge in [0.05, 0.1) is 11.5 Å². The average molecular weight is 236 g/mol. The second-order valence-electron chi connectivity index (χ2n) is 4.55. The minimum absolute atomic E-state index is 0.0162. The molecule has 0 saturated heterocycles. The Morgan fingerprint density at radius 3 is 2.59 bits per heavy atom. The topological polar surface area (TPSA) is 60.4 Å². The van der Waals surface area contributed by atoms with Crippen molar-refractivity contribution in [2.45, 2.75) is 45.4 Å². The van der Waals surface area contributed by atoms with Gasteiger partial charge in [0.1, 0.15) is 5.76 Å². The second-order valence-corrected chi connectivity index (χ2v) is 4.55. The maximum absolute atomic E-state index is 11.7. The SMILES string of the molecule is CCC(=O)C1=C(OC(=O)C2CC2)CCCC1=O. The normalized spacial score (nSPS) is 20.4. The third-order valence-electron chi connectivity index (χ3n) is 3.10. The Balaban J connectivity index is 2.20. The molecule has 0 aromatic rings. The maximum Gasteiger partial charge on any atom is 0.314 e. The lowest BCUT2D eigenvalue weighted by atomic mass is 9.92. The number of ketones is 2. The minimum Gasteiger partial charge on any atom is -0.430 e. The van der Waals surface area contributed by atoms with Gasteiger partial charge in [0, 0.05) is 19.3 Å². The van der Waals surface area contributed by atoms with Crippen molar-refractivity contribution < 1.29 is 19.1 Å². The van der Waals surface area contributed by atoms with Crippen molar-refractivity contribution in [1.29, 1.82) is 0 Å². The van der Waals surface area contributed by atoms with Crippen LogP contribution in [0.3, 0.4) is 0 Å². The summed E-state index contributed by atoms with van der Waals surface area (Å²) in [6, 6.07) is 0. The van der Waals surface area contributed by atoms with Gasteiger partial charge < -0.3 is 4.74 Å². The predicted octanol–water partition coefficient (Wildman–Crippen LogP) is 1.93. The highest BCUT2D eigenvalue weighted by Gasteiger charge is 2.34. The molecule has 2 rings (SSSR count). The average Bonchev–Trinajstić information content (AvgIpc) is 3.12. The molecular formula is C13H16O4. The molecule has 4 nitrogen and oxygen atoms in total. The Kier molecular flexibility index (Phi) is 3.41. The number of hydrogen-bond acceptors (Lipinski definition) is 4. The molecule has 0 N–H and O–H groups in total.